The highest BCUT2D eigenvalue weighted by molar-refractivity contribution is 7.09. The summed E-state index contributed by atoms with van der Waals surface area (Å²) in [6.45, 7) is 2.23. The molecule has 1 atom stereocenters. The van der Waals surface area contributed by atoms with Crippen LogP contribution in [0, 0.1) is 0 Å². The summed E-state index contributed by atoms with van der Waals surface area (Å²) in [7, 11) is 0. The van der Waals surface area contributed by atoms with Crippen molar-refractivity contribution >= 4 is 11.3 Å². The van der Waals surface area contributed by atoms with Crippen LogP contribution in [-0.2, 0) is 6.42 Å². The molecule has 68 valence electrons. The van der Waals surface area contributed by atoms with Crippen molar-refractivity contribution in [2.24, 2.45) is 5.73 Å². The highest BCUT2D eigenvalue weighted by Crippen LogP contribution is 2.17. The van der Waals surface area contributed by atoms with Gasteiger partial charge in [0.05, 0.1) is 10.6 Å². The van der Waals surface area contributed by atoms with Crippen molar-refractivity contribution in [2.45, 2.75) is 25.4 Å². The minimum Gasteiger partial charge on any atom is -0.388 e. The number of aliphatic hydroxyl groups is 1. The molecule has 1 aromatic rings. The first-order valence-corrected chi connectivity index (χ1v) is 4.89. The van der Waals surface area contributed by atoms with Gasteiger partial charge in [0.1, 0.15) is 0 Å². The first-order chi connectivity index (χ1) is 5.70. The molecule has 0 aliphatic rings. The fourth-order valence-electron chi connectivity index (χ4n) is 0.963. The summed E-state index contributed by atoms with van der Waals surface area (Å²) >= 11 is 1.55. The largest absolute Gasteiger partial charge is 0.388 e. The lowest BCUT2D eigenvalue weighted by molar-refractivity contribution is 0.0455. The molecule has 0 saturated carbocycles. The first-order valence-electron chi connectivity index (χ1n) is 4.01. The fraction of sp³-hybridized carbons (Fsp3) is 0.625. The summed E-state index contributed by atoms with van der Waals surface area (Å²) in [6, 6.07) is 0. The number of hydrogen-bond acceptors (Lipinski definition) is 4. The van der Waals surface area contributed by atoms with Crippen molar-refractivity contribution < 1.29 is 5.11 Å². The Labute approximate surface area is 76.3 Å². The quantitative estimate of drug-likeness (QED) is 0.730. The second-order valence-electron chi connectivity index (χ2n) is 2.88. The zero-order valence-corrected chi connectivity index (χ0v) is 7.97. The van der Waals surface area contributed by atoms with Gasteiger partial charge in [-0.3, -0.25) is 0 Å². The van der Waals surface area contributed by atoms with Crippen molar-refractivity contribution in [1.29, 1.82) is 0 Å². The molecule has 0 radical (unpaired) electrons. The Morgan fingerprint density at radius 1 is 1.75 bits per heavy atom. The van der Waals surface area contributed by atoms with Crippen LogP contribution in [0.1, 0.15) is 18.4 Å². The van der Waals surface area contributed by atoms with Crippen LogP contribution < -0.4 is 5.73 Å². The minimum atomic E-state index is -0.766. The number of nitrogens with two attached hydrogens (primary N) is 1. The van der Waals surface area contributed by atoms with E-state index in [0.29, 0.717) is 19.4 Å². The molecule has 0 fully saturated rings. The normalized spacial score (nSPS) is 15.9. The van der Waals surface area contributed by atoms with Gasteiger partial charge in [-0.05, 0) is 6.42 Å². The van der Waals surface area contributed by atoms with E-state index < -0.39 is 5.60 Å². The zero-order chi connectivity index (χ0) is 9.03. The third-order valence-electron chi connectivity index (χ3n) is 2.00. The molecule has 0 amide bonds. The van der Waals surface area contributed by atoms with E-state index >= 15 is 0 Å². The van der Waals surface area contributed by atoms with E-state index in [1.165, 1.54) is 0 Å². The molecule has 0 bridgehead atoms. The average Bonchev–Trinajstić information content (AvgIpc) is 2.57. The summed E-state index contributed by atoms with van der Waals surface area (Å²) < 4.78 is 0. The topological polar surface area (TPSA) is 59.1 Å². The molecule has 0 saturated heterocycles. The molecule has 3 N–H and O–H groups in total. The highest BCUT2D eigenvalue weighted by atomic mass is 32.1. The fourth-order valence-corrected chi connectivity index (χ4v) is 1.72. The van der Waals surface area contributed by atoms with Gasteiger partial charge in [0.2, 0.25) is 0 Å². The number of hydrogen-bond donors (Lipinski definition) is 2. The Morgan fingerprint density at radius 2 is 2.50 bits per heavy atom. The van der Waals surface area contributed by atoms with Gasteiger partial charge in [0.15, 0.2) is 0 Å². The lowest BCUT2D eigenvalue weighted by Gasteiger charge is -2.23. The summed E-state index contributed by atoms with van der Waals surface area (Å²) in [6.07, 6.45) is 2.98. The monoisotopic (exact) mass is 186 g/mol. The maximum atomic E-state index is 9.84. The maximum Gasteiger partial charge on any atom is 0.0954 e. The van der Waals surface area contributed by atoms with Crippen molar-refractivity contribution in [2.75, 3.05) is 6.54 Å². The number of thiazole rings is 1. The van der Waals surface area contributed by atoms with Gasteiger partial charge >= 0.3 is 0 Å². The van der Waals surface area contributed by atoms with Gasteiger partial charge in [-0.2, -0.15) is 0 Å². The van der Waals surface area contributed by atoms with E-state index in [2.05, 4.69) is 4.98 Å². The van der Waals surface area contributed by atoms with E-state index in [1.807, 2.05) is 12.3 Å². The first kappa shape index (κ1) is 9.64. The van der Waals surface area contributed by atoms with Gasteiger partial charge in [-0.1, -0.05) is 6.92 Å². The SMILES string of the molecule is CCC(O)(CN)Cc1nccs1. The maximum absolute atomic E-state index is 9.84. The Hall–Kier alpha value is -0.450. The second kappa shape index (κ2) is 3.98. The molecule has 1 heterocycles. The van der Waals surface area contributed by atoms with Crippen molar-refractivity contribution in [3.05, 3.63) is 16.6 Å². The molecule has 0 spiro atoms. The Bertz CT molecular complexity index is 219. The zero-order valence-electron chi connectivity index (χ0n) is 7.16. The van der Waals surface area contributed by atoms with E-state index in [4.69, 9.17) is 5.73 Å². The number of nitrogens with zero attached hydrogens (tertiary/aromatic N) is 1. The summed E-state index contributed by atoms with van der Waals surface area (Å²) in [5.74, 6) is 0. The molecule has 0 aliphatic heterocycles. The number of aromatic nitrogens is 1. The molecule has 3 nitrogen and oxygen atoms in total. The third kappa shape index (κ3) is 2.27. The average molecular weight is 186 g/mol. The summed E-state index contributed by atoms with van der Waals surface area (Å²) in [4.78, 5) is 4.10. The second-order valence-corrected chi connectivity index (χ2v) is 3.86. The van der Waals surface area contributed by atoms with E-state index in [1.54, 1.807) is 17.5 Å². The van der Waals surface area contributed by atoms with E-state index in [-0.39, 0.29) is 0 Å². The van der Waals surface area contributed by atoms with Crippen LogP contribution in [0.3, 0.4) is 0 Å². The Kier molecular flexibility index (Phi) is 3.20. The van der Waals surface area contributed by atoms with Crippen LogP contribution in [0.5, 0.6) is 0 Å². The van der Waals surface area contributed by atoms with Gasteiger partial charge in [-0.15, -0.1) is 11.3 Å². The van der Waals surface area contributed by atoms with Crippen molar-refractivity contribution in [1.82, 2.24) is 4.98 Å². The molecule has 12 heavy (non-hydrogen) atoms. The van der Waals surface area contributed by atoms with E-state index in [0.717, 1.165) is 5.01 Å². The van der Waals surface area contributed by atoms with Crippen LogP contribution >= 0.6 is 11.3 Å². The van der Waals surface area contributed by atoms with Gasteiger partial charge < -0.3 is 10.8 Å². The molecular weight excluding hydrogens is 172 g/mol. The van der Waals surface area contributed by atoms with Crippen molar-refractivity contribution in [3.63, 3.8) is 0 Å². The summed E-state index contributed by atoms with van der Waals surface area (Å²) in [5.41, 5.74) is 4.69. The van der Waals surface area contributed by atoms with Gasteiger partial charge in [0, 0.05) is 24.5 Å². The molecule has 0 aliphatic carbocycles. The standard InChI is InChI=1S/C8H14N2OS/c1-2-8(11,6-9)5-7-10-3-4-12-7/h3-4,11H,2,5-6,9H2,1H3. The van der Waals surface area contributed by atoms with Crippen LogP contribution in [0.4, 0.5) is 0 Å². The lowest BCUT2D eigenvalue weighted by Crippen LogP contribution is -2.39. The molecule has 4 heteroatoms. The van der Waals surface area contributed by atoms with Gasteiger partial charge in [0.25, 0.3) is 0 Å². The third-order valence-corrected chi connectivity index (χ3v) is 2.78. The van der Waals surface area contributed by atoms with Crippen molar-refractivity contribution in [3.8, 4) is 0 Å². The van der Waals surface area contributed by atoms with Crippen LogP contribution in [0.15, 0.2) is 11.6 Å². The molecule has 1 unspecified atom stereocenters. The predicted molar refractivity (Wildman–Crippen MR) is 50.1 cm³/mol. The van der Waals surface area contributed by atoms with E-state index in [9.17, 15) is 5.11 Å². The Morgan fingerprint density at radius 3 is 2.92 bits per heavy atom. The highest BCUT2D eigenvalue weighted by Gasteiger charge is 2.23. The summed E-state index contributed by atoms with van der Waals surface area (Å²) in [5, 5.41) is 12.7. The Balaban J connectivity index is 2.60. The smallest absolute Gasteiger partial charge is 0.0954 e. The van der Waals surface area contributed by atoms with Crippen LogP contribution in [-0.4, -0.2) is 22.2 Å². The molecule has 0 aromatic carbocycles. The number of rotatable bonds is 4. The van der Waals surface area contributed by atoms with Gasteiger partial charge in [-0.25, -0.2) is 4.98 Å². The molecule has 1 rings (SSSR count). The van der Waals surface area contributed by atoms with Crippen LogP contribution in [0.25, 0.3) is 0 Å². The lowest BCUT2D eigenvalue weighted by atomic mass is 9.97. The van der Waals surface area contributed by atoms with Crippen LogP contribution in [0.2, 0.25) is 0 Å². The molecular formula is C8H14N2OS. The predicted octanol–water partition coefficient (Wildman–Crippen LogP) is 0.785. The minimum absolute atomic E-state index is 0.295. The molecule has 1 aromatic heterocycles.